The van der Waals surface area contributed by atoms with E-state index in [1.165, 1.54) is 16.8 Å². The Morgan fingerprint density at radius 2 is 2.41 bits per heavy atom. The van der Waals surface area contributed by atoms with E-state index in [0.717, 1.165) is 0 Å². The maximum absolute atomic E-state index is 10.2. The number of nitrogens with zero attached hydrogens (tertiary/aromatic N) is 6. The summed E-state index contributed by atoms with van der Waals surface area (Å²) < 4.78 is 6.68. The van der Waals surface area contributed by atoms with E-state index in [9.17, 15) is 10.2 Å². The first-order valence-electron chi connectivity index (χ1n) is 6.04. The number of ether oxygens (including phenoxy) is 1. The molecule has 4 atom stereocenters. The fraction of sp³-hybridized carbons (Fsp3) is 0.455. The molecule has 1 aromatic heterocycles. The largest absolute Gasteiger partial charge is 0.408 e. The van der Waals surface area contributed by atoms with Crippen LogP contribution in [-0.2, 0) is 4.74 Å². The zero-order chi connectivity index (χ0) is 16.3. The van der Waals surface area contributed by atoms with E-state index in [0.29, 0.717) is 0 Å². The van der Waals surface area contributed by atoms with Gasteiger partial charge in [-0.1, -0.05) is 11.0 Å². The molecular weight excluding hydrogens is 294 g/mol. The predicted octanol–water partition coefficient (Wildman–Crippen LogP) is -1.31. The topological polar surface area (TPSA) is 175 Å². The molecule has 1 unspecified atom stereocenters. The molecule has 1 aliphatic rings. The molecule has 11 heteroatoms. The van der Waals surface area contributed by atoms with Crippen LogP contribution in [-0.4, -0.2) is 49.3 Å². The molecule has 1 aromatic rings. The van der Waals surface area contributed by atoms with Crippen LogP contribution < -0.4 is 11.4 Å². The fourth-order valence-electron chi connectivity index (χ4n) is 2.19. The van der Waals surface area contributed by atoms with E-state index in [1.807, 2.05) is 0 Å². The van der Waals surface area contributed by atoms with Crippen molar-refractivity contribution in [1.29, 1.82) is 0 Å². The quantitative estimate of drug-likeness (QED) is 0.134. The third-order valence-electron chi connectivity index (χ3n) is 3.32. The highest BCUT2D eigenvalue weighted by atomic mass is 16.6. The van der Waals surface area contributed by atoms with Crippen LogP contribution >= 0.6 is 0 Å². The van der Waals surface area contributed by atoms with Gasteiger partial charge in [0.25, 0.3) is 5.62 Å². The van der Waals surface area contributed by atoms with Gasteiger partial charge in [-0.2, -0.15) is 4.98 Å². The van der Waals surface area contributed by atoms with Crippen LogP contribution in [0.5, 0.6) is 0 Å². The van der Waals surface area contributed by atoms with Crippen molar-refractivity contribution in [1.82, 2.24) is 9.55 Å². The van der Waals surface area contributed by atoms with Crippen LogP contribution in [0.1, 0.15) is 6.23 Å². The van der Waals surface area contributed by atoms with E-state index < -0.39 is 30.6 Å². The SMILES string of the molecule is C#C[C@]1(CO)O[C@@H](n2ccc(N)n/c2=N\O)C(N=[N+]=[N-])[C@@H]1O. The number of anilines is 1. The summed E-state index contributed by atoms with van der Waals surface area (Å²) in [6, 6.07) is 0.205. The average Bonchev–Trinajstić information content (AvgIpc) is 2.81. The monoisotopic (exact) mass is 307 g/mol. The molecule has 1 saturated heterocycles. The first-order chi connectivity index (χ1) is 10.5. The number of nitrogens with two attached hydrogens (primary N) is 1. The average molecular weight is 307 g/mol. The summed E-state index contributed by atoms with van der Waals surface area (Å²) in [4.78, 5) is 6.40. The van der Waals surface area contributed by atoms with Crippen molar-refractivity contribution in [3.05, 3.63) is 28.3 Å². The lowest BCUT2D eigenvalue weighted by Gasteiger charge is -2.23. The van der Waals surface area contributed by atoms with Crippen molar-refractivity contribution in [3.8, 4) is 12.3 Å². The molecule has 0 radical (unpaired) electrons. The lowest BCUT2D eigenvalue weighted by Crippen LogP contribution is -2.44. The number of hydrogen-bond donors (Lipinski definition) is 4. The third-order valence-corrected chi connectivity index (χ3v) is 3.32. The molecule has 22 heavy (non-hydrogen) atoms. The number of nitrogen functional groups attached to an aromatic ring is 1. The van der Waals surface area contributed by atoms with Gasteiger partial charge in [-0.15, -0.1) is 6.42 Å². The summed E-state index contributed by atoms with van der Waals surface area (Å²) in [5, 5.41) is 35.1. The maximum Gasteiger partial charge on any atom is 0.270 e. The Balaban J connectivity index is 2.59. The second-order valence-electron chi connectivity index (χ2n) is 4.50. The highest BCUT2D eigenvalue weighted by Crippen LogP contribution is 2.38. The molecule has 0 saturated carbocycles. The smallest absolute Gasteiger partial charge is 0.270 e. The molecule has 11 nitrogen and oxygen atoms in total. The summed E-state index contributed by atoms with van der Waals surface area (Å²) in [6.07, 6.45) is 4.06. The van der Waals surface area contributed by atoms with Crippen molar-refractivity contribution in [2.24, 2.45) is 10.3 Å². The molecule has 5 N–H and O–H groups in total. The Hall–Kier alpha value is -2.77. The van der Waals surface area contributed by atoms with Crippen molar-refractivity contribution in [2.45, 2.75) is 24.0 Å². The Bertz CT molecular complexity index is 720. The van der Waals surface area contributed by atoms with Crippen molar-refractivity contribution in [2.75, 3.05) is 12.3 Å². The number of rotatable bonds is 3. The van der Waals surface area contributed by atoms with Gasteiger partial charge in [-0.05, 0) is 16.8 Å². The van der Waals surface area contributed by atoms with Crippen LogP contribution in [0.25, 0.3) is 10.4 Å². The summed E-state index contributed by atoms with van der Waals surface area (Å²) >= 11 is 0. The van der Waals surface area contributed by atoms with Crippen molar-refractivity contribution < 1.29 is 20.2 Å². The molecule has 0 aliphatic carbocycles. The molecule has 2 heterocycles. The predicted molar refractivity (Wildman–Crippen MR) is 71.7 cm³/mol. The number of aliphatic hydroxyl groups is 2. The molecule has 2 rings (SSSR count). The number of hydrogen-bond acceptors (Lipinski definition) is 8. The molecular formula is C11H13N7O4. The lowest BCUT2D eigenvalue weighted by atomic mass is 9.96. The van der Waals surface area contributed by atoms with E-state index >= 15 is 0 Å². The maximum atomic E-state index is 10.2. The van der Waals surface area contributed by atoms with Gasteiger partial charge in [-0.25, -0.2) is 0 Å². The minimum absolute atomic E-state index is 0.0771. The second kappa shape index (κ2) is 5.92. The van der Waals surface area contributed by atoms with Crippen molar-refractivity contribution in [3.63, 3.8) is 0 Å². The summed E-state index contributed by atoms with van der Waals surface area (Å²) in [7, 11) is 0. The first kappa shape index (κ1) is 15.6. The van der Waals surface area contributed by atoms with Gasteiger partial charge in [-0.3, -0.25) is 4.57 Å². The molecule has 1 aliphatic heterocycles. The Labute approximate surface area is 123 Å². The van der Waals surface area contributed by atoms with Gasteiger partial charge in [0.05, 0.1) is 6.61 Å². The van der Waals surface area contributed by atoms with Gasteiger partial charge < -0.3 is 25.9 Å². The number of azide groups is 1. The Morgan fingerprint density at radius 1 is 1.68 bits per heavy atom. The zero-order valence-corrected chi connectivity index (χ0v) is 11.2. The van der Waals surface area contributed by atoms with E-state index in [4.69, 9.17) is 27.6 Å². The van der Waals surface area contributed by atoms with Crippen LogP contribution in [0, 0.1) is 12.3 Å². The van der Waals surface area contributed by atoms with E-state index in [1.54, 1.807) is 0 Å². The fourth-order valence-corrected chi connectivity index (χ4v) is 2.19. The minimum atomic E-state index is -1.76. The van der Waals surface area contributed by atoms with Crippen LogP contribution in [0.2, 0.25) is 0 Å². The molecule has 0 amide bonds. The highest BCUT2D eigenvalue weighted by molar-refractivity contribution is 5.24. The summed E-state index contributed by atoms with van der Waals surface area (Å²) in [5.74, 6) is 2.23. The Kier molecular flexibility index (Phi) is 4.20. The molecule has 1 fully saturated rings. The number of terminal acetylenes is 1. The lowest BCUT2D eigenvalue weighted by molar-refractivity contribution is -0.0919. The second-order valence-corrected chi connectivity index (χ2v) is 4.50. The molecule has 0 bridgehead atoms. The van der Waals surface area contributed by atoms with Crippen LogP contribution in [0.3, 0.4) is 0 Å². The number of aromatic nitrogens is 2. The third kappa shape index (κ3) is 2.32. The van der Waals surface area contributed by atoms with Gasteiger partial charge in [0, 0.05) is 11.1 Å². The first-order valence-corrected chi connectivity index (χ1v) is 6.04. The number of aliphatic hydroxyl groups excluding tert-OH is 2. The van der Waals surface area contributed by atoms with Gasteiger partial charge in [0.2, 0.25) is 0 Å². The zero-order valence-electron chi connectivity index (χ0n) is 11.2. The molecule has 0 aromatic carbocycles. The van der Waals surface area contributed by atoms with E-state index in [2.05, 4.69) is 26.1 Å². The molecule has 0 spiro atoms. The van der Waals surface area contributed by atoms with Crippen LogP contribution in [0.4, 0.5) is 5.82 Å². The van der Waals surface area contributed by atoms with Crippen LogP contribution in [0.15, 0.2) is 22.5 Å². The highest BCUT2D eigenvalue weighted by Gasteiger charge is 2.54. The summed E-state index contributed by atoms with van der Waals surface area (Å²) in [6.45, 7) is -0.701. The Morgan fingerprint density at radius 3 is 2.95 bits per heavy atom. The van der Waals surface area contributed by atoms with Gasteiger partial charge in [0.1, 0.15) is 24.2 Å². The van der Waals surface area contributed by atoms with Crippen molar-refractivity contribution >= 4 is 5.82 Å². The van der Waals surface area contributed by atoms with E-state index in [-0.39, 0.29) is 11.4 Å². The van der Waals surface area contributed by atoms with Gasteiger partial charge in [0.15, 0.2) is 5.60 Å². The normalized spacial score (nSPS) is 31.5. The van der Waals surface area contributed by atoms with Gasteiger partial charge >= 0.3 is 0 Å². The molecule has 116 valence electrons. The summed E-state index contributed by atoms with van der Waals surface area (Å²) in [5.41, 5.74) is 12.1. The standard InChI is InChI=1S/C11H13N7O4/c1-2-11(5-19)8(20)7(15-17-13)9(22-11)18-4-3-6(12)14-10(18)16-21/h1,3-4,7-9,19-21H,5H2,(H2,12,14,16)/t7?,8-,9+,11+/m0/s1. The minimum Gasteiger partial charge on any atom is -0.408 e.